The molecule has 4 heterocycles. The van der Waals surface area contributed by atoms with Gasteiger partial charge in [-0.15, -0.1) is 0 Å². The largest absolute Gasteiger partial charge is 0.417 e. The smallest absolute Gasteiger partial charge is 0.309 e. The normalized spacial score (nSPS) is 12.4. The molecule has 14 aromatic rings. The van der Waals surface area contributed by atoms with Crippen LogP contribution in [0.2, 0.25) is 0 Å². The van der Waals surface area contributed by atoms with Gasteiger partial charge in [0.05, 0.1) is 66.6 Å². The molecular formula is C63H35F6N5. The van der Waals surface area contributed by atoms with E-state index in [0.717, 1.165) is 82.6 Å². The fourth-order valence-corrected chi connectivity index (χ4v) is 11.6. The van der Waals surface area contributed by atoms with Crippen molar-refractivity contribution in [2.24, 2.45) is 0 Å². The molecule has 0 amide bonds. The van der Waals surface area contributed by atoms with Crippen molar-refractivity contribution in [2.75, 3.05) is 0 Å². The number of hydrogen-bond donors (Lipinski definition) is 0. The standard InChI is InChI=1S/C63H35F6N5/c64-62(65,66)38-25-28-41(51(33-38)63(67,68)69)37-31-58(73-56-23-11-5-17-46(56)48-29-26-39(34-60(48)73)71-52-19-7-1-13-42(52)43-14-2-8-20-53(43)71)50(36-70)59(32-37)74-57-24-12-6-18-47(57)49-30-27-40(35-61(49)74)72-54-21-9-3-15-44(54)45-16-4-10-22-55(45)72/h1-35H. The molecule has 0 saturated carbocycles. The zero-order valence-corrected chi connectivity index (χ0v) is 38.7. The Morgan fingerprint density at radius 1 is 0.324 bits per heavy atom. The van der Waals surface area contributed by atoms with Gasteiger partial charge in [-0.25, -0.2) is 0 Å². The first-order valence-electron chi connectivity index (χ1n) is 23.9. The maximum Gasteiger partial charge on any atom is 0.417 e. The van der Waals surface area contributed by atoms with Crippen molar-refractivity contribution in [3.63, 3.8) is 0 Å². The van der Waals surface area contributed by atoms with E-state index in [0.29, 0.717) is 28.1 Å². The third kappa shape index (κ3) is 6.31. The quantitative estimate of drug-likeness (QED) is 0.159. The van der Waals surface area contributed by atoms with E-state index in [-0.39, 0.29) is 28.6 Å². The van der Waals surface area contributed by atoms with Gasteiger partial charge in [-0.2, -0.15) is 31.6 Å². The number of para-hydroxylation sites is 6. The molecule has 74 heavy (non-hydrogen) atoms. The summed E-state index contributed by atoms with van der Waals surface area (Å²) in [7, 11) is 0. The lowest BCUT2D eigenvalue weighted by Gasteiger charge is -2.21. The fraction of sp³-hybridized carbons (Fsp3) is 0.0317. The Balaban J connectivity index is 1.12. The van der Waals surface area contributed by atoms with Gasteiger partial charge in [0.2, 0.25) is 0 Å². The number of hydrogen-bond acceptors (Lipinski definition) is 1. The van der Waals surface area contributed by atoms with Gasteiger partial charge < -0.3 is 18.3 Å². The van der Waals surface area contributed by atoms with Crippen LogP contribution in [0.3, 0.4) is 0 Å². The highest BCUT2D eigenvalue weighted by molar-refractivity contribution is 6.14. The van der Waals surface area contributed by atoms with E-state index >= 15 is 13.2 Å². The van der Waals surface area contributed by atoms with Crippen LogP contribution in [0.4, 0.5) is 26.3 Å². The van der Waals surface area contributed by atoms with Gasteiger partial charge in [-0.3, -0.25) is 0 Å². The molecule has 0 spiro atoms. The van der Waals surface area contributed by atoms with Crippen LogP contribution >= 0.6 is 0 Å². The van der Waals surface area contributed by atoms with E-state index in [1.807, 2.05) is 143 Å². The van der Waals surface area contributed by atoms with Gasteiger partial charge in [-0.1, -0.05) is 127 Å². The summed E-state index contributed by atoms with van der Waals surface area (Å²) in [5.74, 6) is 0. The van der Waals surface area contributed by atoms with Crippen LogP contribution in [-0.4, -0.2) is 18.3 Å². The van der Waals surface area contributed by atoms with Crippen molar-refractivity contribution >= 4 is 87.2 Å². The maximum atomic E-state index is 15.4. The first-order chi connectivity index (χ1) is 36.0. The highest BCUT2D eigenvalue weighted by Gasteiger charge is 2.39. The van der Waals surface area contributed by atoms with Crippen LogP contribution in [0.15, 0.2) is 212 Å². The Labute approximate surface area is 416 Å². The summed E-state index contributed by atoms with van der Waals surface area (Å²) in [6, 6.07) is 67.2. The van der Waals surface area contributed by atoms with E-state index in [4.69, 9.17) is 0 Å². The van der Waals surface area contributed by atoms with E-state index < -0.39 is 29.0 Å². The predicted octanol–water partition coefficient (Wildman–Crippen LogP) is 17.7. The van der Waals surface area contributed by atoms with Gasteiger partial charge in [0.15, 0.2) is 0 Å². The van der Waals surface area contributed by atoms with E-state index in [1.54, 1.807) is 0 Å². The molecule has 0 bridgehead atoms. The molecule has 0 fully saturated rings. The number of rotatable bonds is 5. The van der Waals surface area contributed by atoms with Crippen LogP contribution < -0.4 is 0 Å². The molecule has 11 heteroatoms. The highest BCUT2D eigenvalue weighted by Crippen LogP contribution is 2.46. The zero-order valence-electron chi connectivity index (χ0n) is 38.7. The summed E-state index contributed by atoms with van der Waals surface area (Å²) < 4.78 is 97.2. The predicted molar refractivity (Wildman–Crippen MR) is 284 cm³/mol. The molecule has 5 nitrogen and oxygen atoms in total. The number of aromatic nitrogens is 4. The number of benzene rings is 10. The lowest BCUT2D eigenvalue weighted by molar-refractivity contribution is -0.142. The minimum atomic E-state index is -5.20. The number of fused-ring (bicyclic) bond motifs is 12. The van der Waals surface area contributed by atoms with Crippen molar-refractivity contribution in [3.8, 4) is 39.9 Å². The van der Waals surface area contributed by atoms with Gasteiger partial charge >= 0.3 is 12.4 Å². The first-order valence-corrected chi connectivity index (χ1v) is 23.9. The molecule has 0 unspecified atom stereocenters. The summed E-state index contributed by atoms with van der Waals surface area (Å²) in [4.78, 5) is 0. The number of halogens is 6. The first kappa shape index (κ1) is 43.3. The summed E-state index contributed by atoms with van der Waals surface area (Å²) in [5.41, 5.74) is 5.32. The summed E-state index contributed by atoms with van der Waals surface area (Å²) in [6.45, 7) is 0. The molecule has 0 atom stereocenters. The van der Waals surface area contributed by atoms with Crippen LogP contribution in [0.25, 0.3) is 121 Å². The fourth-order valence-electron chi connectivity index (χ4n) is 11.6. The van der Waals surface area contributed by atoms with Gasteiger partial charge in [0.1, 0.15) is 11.6 Å². The van der Waals surface area contributed by atoms with Crippen LogP contribution in [0.1, 0.15) is 16.7 Å². The minimum absolute atomic E-state index is 0.0379. The maximum absolute atomic E-state index is 15.4. The van der Waals surface area contributed by atoms with Crippen LogP contribution in [-0.2, 0) is 12.4 Å². The SMILES string of the molecule is N#Cc1c(-n2c3ccccc3c3ccc(-n4c5ccccc5c5ccccc54)cc32)cc(-c2ccc(C(F)(F)F)cc2C(F)(F)F)cc1-n1c2ccccc2c2ccc(-n3c4ccccc4c4ccccc43)cc21. The molecular weight excluding hydrogens is 941 g/mol. The molecule has 0 radical (unpaired) electrons. The highest BCUT2D eigenvalue weighted by atomic mass is 19.4. The van der Waals surface area contributed by atoms with E-state index in [9.17, 15) is 18.4 Å². The summed E-state index contributed by atoms with van der Waals surface area (Å²) >= 11 is 0. The summed E-state index contributed by atoms with van der Waals surface area (Å²) in [6.07, 6.45) is -10.2. The van der Waals surface area contributed by atoms with Crippen molar-refractivity contribution in [2.45, 2.75) is 12.4 Å². The lowest BCUT2D eigenvalue weighted by atomic mass is 9.94. The van der Waals surface area contributed by atoms with Crippen molar-refractivity contribution in [1.29, 1.82) is 5.26 Å². The Bertz CT molecular complexity index is 4370. The molecule has 0 N–H and O–H groups in total. The van der Waals surface area contributed by atoms with Crippen molar-refractivity contribution < 1.29 is 26.3 Å². The molecule has 10 aromatic carbocycles. The monoisotopic (exact) mass is 975 g/mol. The number of alkyl halides is 6. The molecule has 0 aliphatic carbocycles. The Morgan fingerprint density at radius 2 is 0.662 bits per heavy atom. The molecule has 354 valence electrons. The van der Waals surface area contributed by atoms with Gasteiger partial charge in [-0.05, 0) is 96.1 Å². The summed E-state index contributed by atoms with van der Waals surface area (Å²) in [5, 5.41) is 19.2. The van der Waals surface area contributed by atoms with Crippen molar-refractivity contribution in [1.82, 2.24) is 18.3 Å². The number of nitriles is 1. The molecule has 0 aliphatic rings. The molecule has 0 saturated heterocycles. The Morgan fingerprint density at radius 3 is 1.00 bits per heavy atom. The molecule has 4 aromatic heterocycles. The van der Waals surface area contributed by atoms with E-state index in [1.165, 1.54) is 12.1 Å². The topological polar surface area (TPSA) is 43.5 Å². The zero-order chi connectivity index (χ0) is 50.2. The minimum Gasteiger partial charge on any atom is -0.309 e. The van der Waals surface area contributed by atoms with E-state index in [2.05, 4.69) is 63.7 Å². The van der Waals surface area contributed by atoms with Gasteiger partial charge in [0, 0.05) is 54.5 Å². The average Bonchev–Trinajstić information content (AvgIpc) is 4.15. The molecule has 0 aliphatic heterocycles. The molecule has 14 rings (SSSR count). The average molecular weight is 976 g/mol. The number of nitrogens with zero attached hydrogens (tertiary/aromatic N) is 5. The Hall–Kier alpha value is -9.53. The third-order valence-corrected chi connectivity index (χ3v) is 14.6. The lowest BCUT2D eigenvalue weighted by Crippen LogP contribution is -2.12. The van der Waals surface area contributed by atoms with Crippen molar-refractivity contribution in [3.05, 3.63) is 229 Å². The third-order valence-electron chi connectivity index (χ3n) is 14.6. The second-order valence-corrected chi connectivity index (χ2v) is 18.6. The van der Waals surface area contributed by atoms with Gasteiger partial charge in [0.25, 0.3) is 0 Å². The second kappa shape index (κ2) is 15.7. The van der Waals surface area contributed by atoms with Crippen LogP contribution in [0.5, 0.6) is 0 Å². The second-order valence-electron chi connectivity index (χ2n) is 18.6. The Kier molecular flexibility index (Phi) is 9.20. The van der Waals surface area contributed by atoms with Crippen LogP contribution in [0, 0.1) is 11.3 Å².